The van der Waals surface area contributed by atoms with Gasteiger partial charge in [0.1, 0.15) is 0 Å². The van der Waals surface area contributed by atoms with Crippen molar-refractivity contribution in [2.45, 2.75) is 75.2 Å². The number of aryl methyl sites for hydroxylation is 2. The van der Waals surface area contributed by atoms with E-state index >= 15 is 0 Å². The van der Waals surface area contributed by atoms with E-state index < -0.39 is 24.7 Å². The van der Waals surface area contributed by atoms with Crippen LogP contribution < -0.4 is 10.4 Å². The first-order valence-corrected chi connectivity index (χ1v) is 19.1. The maximum absolute atomic E-state index is 2.63. The summed E-state index contributed by atoms with van der Waals surface area (Å²) in [6, 6.07) is 20.1. The van der Waals surface area contributed by atoms with Crippen molar-refractivity contribution >= 4 is 18.4 Å². The summed E-state index contributed by atoms with van der Waals surface area (Å²) < 4.78 is 1.84. The molecule has 0 N–H and O–H groups in total. The molecule has 3 rings (SSSR count). The summed E-state index contributed by atoms with van der Waals surface area (Å²) in [5, 5.41) is 11.1. The number of hydrogen-bond donors (Lipinski definition) is 0. The molecule has 0 aliphatic heterocycles. The maximum atomic E-state index is 2.63. The van der Waals surface area contributed by atoms with Gasteiger partial charge < -0.3 is 0 Å². The summed E-state index contributed by atoms with van der Waals surface area (Å²) in [4.78, 5) is 0. The number of hydrogen-bond acceptors (Lipinski definition) is 0. The molecule has 0 amide bonds. The second-order valence-corrected chi connectivity index (χ2v) is 23.1. The first-order valence-electron chi connectivity index (χ1n) is 11.5. The zero-order chi connectivity index (χ0) is 22.5. The third-order valence-corrected chi connectivity index (χ3v) is 18.0. The summed E-state index contributed by atoms with van der Waals surface area (Å²) in [7, 11) is -2.16. The Balaban J connectivity index is 2.53. The van der Waals surface area contributed by atoms with E-state index in [0.717, 1.165) is 0 Å². The van der Waals surface area contributed by atoms with Crippen LogP contribution in [0.4, 0.5) is 0 Å². The normalized spacial score (nSPS) is 21.9. The van der Waals surface area contributed by atoms with Crippen LogP contribution in [-0.4, -0.2) is 8.07 Å². The zero-order valence-corrected chi connectivity index (χ0v) is 23.4. The van der Waals surface area contributed by atoms with E-state index in [2.05, 4.69) is 113 Å². The van der Waals surface area contributed by atoms with Crippen molar-refractivity contribution in [2.75, 3.05) is 0 Å². The van der Waals surface area contributed by atoms with Crippen LogP contribution in [0.25, 0.3) is 0 Å². The van der Waals surface area contributed by atoms with Crippen LogP contribution in [0, 0.1) is 13.8 Å². The topological polar surface area (TPSA) is 0 Å². The third-order valence-electron chi connectivity index (χ3n) is 7.86. The molecule has 0 fully saturated rings. The summed E-state index contributed by atoms with van der Waals surface area (Å²) >= 11 is -2.14. The fourth-order valence-electron chi connectivity index (χ4n) is 6.70. The monoisotopic (exact) mass is 452 g/mol. The van der Waals surface area contributed by atoms with Gasteiger partial charge in [-0.3, -0.25) is 0 Å². The Morgan fingerprint density at radius 2 is 1.30 bits per heavy atom. The SMILES string of the molecule is CC[Si](c1ccccc1)(c1cc(C)cc(C)c1)C1(C)C(C)=C(C)C(C)=[C]1[Ti]([CH3])([CH3])[CH3]. The van der Waals surface area contributed by atoms with Crippen LogP contribution in [0.5, 0.6) is 0 Å². The third kappa shape index (κ3) is 3.38. The minimum absolute atomic E-state index is 0.135. The van der Waals surface area contributed by atoms with Gasteiger partial charge in [0, 0.05) is 0 Å². The molecule has 2 heteroatoms. The van der Waals surface area contributed by atoms with E-state index in [9.17, 15) is 0 Å². The first kappa shape index (κ1) is 23.5. The van der Waals surface area contributed by atoms with Crippen molar-refractivity contribution in [3.8, 4) is 0 Å². The quantitative estimate of drug-likeness (QED) is 0.411. The Bertz CT molecular complexity index is 1000. The number of rotatable bonds is 5. The van der Waals surface area contributed by atoms with Gasteiger partial charge in [0.25, 0.3) is 0 Å². The summed E-state index contributed by atoms with van der Waals surface area (Å²) in [5.74, 6) is 0. The van der Waals surface area contributed by atoms with Crippen molar-refractivity contribution < 1.29 is 16.6 Å². The predicted molar refractivity (Wildman–Crippen MR) is 135 cm³/mol. The van der Waals surface area contributed by atoms with Gasteiger partial charge in [0.05, 0.1) is 0 Å². The van der Waals surface area contributed by atoms with Gasteiger partial charge in [-0.05, 0) is 0 Å². The van der Waals surface area contributed by atoms with Gasteiger partial charge in [-0.2, -0.15) is 0 Å². The zero-order valence-electron chi connectivity index (χ0n) is 20.8. The van der Waals surface area contributed by atoms with Crippen LogP contribution in [0.2, 0.25) is 26.8 Å². The standard InChI is InChI=1S/C25H31Si.3CH3.Ti/c1-8-26(23-12-10-9-11-13-23,24-15-18(2)14-19(3)16-24)25(7)17-20(4)21(5)22(25)6;;;;/h9-16H,8H2,1-7H3;3*1H3;. The second-order valence-electron chi connectivity index (χ2n) is 10.6. The van der Waals surface area contributed by atoms with E-state index in [1.165, 1.54) is 17.2 Å². The molecular weight excluding hydrogens is 412 g/mol. The molecule has 0 saturated carbocycles. The Labute approximate surface area is 189 Å². The van der Waals surface area contributed by atoms with E-state index in [1.54, 1.807) is 27.1 Å². The van der Waals surface area contributed by atoms with E-state index in [-0.39, 0.29) is 5.04 Å². The molecule has 1 aliphatic rings. The van der Waals surface area contributed by atoms with Gasteiger partial charge in [-0.15, -0.1) is 0 Å². The molecule has 0 saturated heterocycles. The average molecular weight is 453 g/mol. The average Bonchev–Trinajstić information content (AvgIpc) is 2.84. The van der Waals surface area contributed by atoms with Gasteiger partial charge >= 0.3 is 191 Å². The summed E-state index contributed by atoms with van der Waals surface area (Å²) in [5.41, 5.74) is 7.58. The van der Waals surface area contributed by atoms with Gasteiger partial charge in [-0.1, -0.05) is 0 Å². The molecule has 0 spiro atoms. The van der Waals surface area contributed by atoms with Crippen LogP contribution in [-0.2, 0) is 16.6 Å². The van der Waals surface area contributed by atoms with Crippen LogP contribution in [0.1, 0.15) is 45.7 Å². The molecule has 0 nitrogen and oxygen atoms in total. The Hall–Kier alpha value is -1.15. The van der Waals surface area contributed by atoms with Gasteiger partial charge in [-0.25, -0.2) is 0 Å². The van der Waals surface area contributed by atoms with E-state index in [0.29, 0.717) is 0 Å². The second kappa shape index (κ2) is 8.08. The van der Waals surface area contributed by atoms with E-state index in [1.807, 2.05) is 3.88 Å². The molecule has 30 heavy (non-hydrogen) atoms. The minimum atomic E-state index is -2.16. The molecule has 2 atom stereocenters. The van der Waals surface area contributed by atoms with Crippen molar-refractivity contribution in [2.24, 2.45) is 0 Å². The molecule has 0 aromatic heterocycles. The Morgan fingerprint density at radius 3 is 1.77 bits per heavy atom. The first-order chi connectivity index (χ1) is 13.9. The van der Waals surface area contributed by atoms with Crippen molar-refractivity contribution in [1.82, 2.24) is 0 Å². The van der Waals surface area contributed by atoms with Gasteiger partial charge in [0.2, 0.25) is 0 Å². The molecule has 0 bridgehead atoms. The molecular formula is C28H40SiTi. The van der Waals surface area contributed by atoms with Crippen molar-refractivity contribution in [3.63, 3.8) is 0 Å². The Kier molecular flexibility index (Phi) is 6.33. The molecule has 0 heterocycles. The fourth-order valence-corrected chi connectivity index (χ4v) is 20.1. The number of allylic oxidation sites excluding steroid dienone is 4. The molecule has 1 aliphatic carbocycles. The fraction of sp³-hybridized carbons (Fsp3) is 0.429. The van der Waals surface area contributed by atoms with Crippen LogP contribution >= 0.6 is 0 Å². The van der Waals surface area contributed by atoms with Crippen LogP contribution in [0.15, 0.2) is 69.1 Å². The molecule has 2 aromatic carbocycles. The van der Waals surface area contributed by atoms with Gasteiger partial charge in [0.15, 0.2) is 0 Å². The molecule has 2 unspecified atom stereocenters. The van der Waals surface area contributed by atoms with Crippen molar-refractivity contribution in [1.29, 1.82) is 0 Å². The molecule has 0 radical (unpaired) electrons. The summed E-state index contributed by atoms with van der Waals surface area (Å²) in [6.45, 7) is 16.9. The van der Waals surface area contributed by atoms with Crippen molar-refractivity contribution in [3.05, 3.63) is 80.3 Å². The molecule has 2 aromatic rings. The van der Waals surface area contributed by atoms with E-state index in [4.69, 9.17) is 0 Å². The summed E-state index contributed by atoms with van der Waals surface area (Å²) in [6.07, 6.45) is 0. The number of benzene rings is 2. The predicted octanol–water partition coefficient (Wildman–Crippen LogP) is 7.57. The van der Waals surface area contributed by atoms with Crippen LogP contribution in [0.3, 0.4) is 0 Å². The molecule has 160 valence electrons. The Morgan fingerprint density at radius 1 is 0.767 bits per heavy atom.